The lowest BCUT2D eigenvalue weighted by Crippen LogP contribution is -2.14. The quantitative estimate of drug-likeness (QED) is 0.117. The van der Waals surface area contributed by atoms with E-state index in [2.05, 4.69) is 19.2 Å². The van der Waals surface area contributed by atoms with Gasteiger partial charge in [0, 0.05) is 18.8 Å². The van der Waals surface area contributed by atoms with E-state index in [9.17, 15) is 4.79 Å². The van der Waals surface area contributed by atoms with Gasteiger partial charge in [-0.15, -0.1) is 0 Å². The van der Waals surface area contributed by atoms with E-state index in [-0.39, 0.29) is 12.6 Å². The van der Waals surface area contributed by atoms with Crippen LogP contribution in [0.2, 0.25) is 0 Å². The van der Waals surface area contributed by atoms with Crippen LogP contribution in [-0.4, -0.2) is 58.8 Å². The molecule has 0 amide bonds. The summed E-state index contributed by atoms with van der Waals surface area (Å²) in [5, 5.41) is 3.33. The molecule has 0 heterocycles. The number of esters is 1. The third-order valence-electron chi connectivity index (χ3n) is 5.83. The third-order valence-corrected chi connectivity index (χ3v) is 5.83. The summed E-state index contributed by atoms with van der Waals surface area (Å²) in [6, 6.07) is 7.37. The molecule has 0 fully saturated rings. The van der Waals surface area contributed by atoms with E-state index < -0.39 is 0 Å². The van der Waals surface area contributed by atoms with Gasteiger partial charge in [0.1, 0.15) is 6.61 Å². The first-order valence-corrected chi connectivity index (χ1v) is 14.0. The zero-order valence-electron chi connectivity index (χ0n) is 22.5. The number of carbonyl (C=O) groups excluding carboxylic acids is 1. The molecule has 0 aromatic heterocycles. The van der Waals surface area contributed by atoms with Gasteiger partial charge in [-0.3, -0.25) is 0 Å². The van der Waals surface area contributed by atoms with E-state index in [0.717, 1.165) is 38.1 Å². The molecular formula is C29H51NO5. The van der Waals surface area contributed by atoms with Crippen molar-refractivity contribution in [2.24, 2.45) is 0 Å². The Morgan fingerprint density at radius 2 is 1.09 bits per heavy atom. The van der Waals surface area contributed by atoms with Gasteiger partial charge < -0.3 is 24.3 Å². The average molecular weight is 494 g/mol. The van der Waals surface area contributed by atoms with Gasteiger partial charge in [0.05, 0.1) is 38.6 Å². The molecule has 0 unspecified atom stereocenters. The molecule has 0 radical (unpaired) electrons. The minimum Gasteiger partial charge on any atom is -0.460 e. The highest BCUT2D eigenvalue weighted by atomic mass is 16.6. The topological polar surface area (TPSA) is 66.0 Å². The van der Waals surface area contributed by atoms with Gasteiger partial charge in [-0.25, -0.2) is 4.79 Å². The van der Waals surface area contributed by atoms with Crippen LogP contribution in [0, 0.1) is 0 Å². The molecule has 0 aliphatic carbocycles. The smallest absolute Gasteiger partial charge is 0.338 e. The van der Waals surface area contributed by atoms with Crippen LogP contribution in [0.4, 0.5) is 5.69 Å². The van der Waals surface area contributed by atoms with Gasteiger partial charge in [0.25, 0.3) is 0 Å². The summed E-state index contributed by atoms with van der Waals surface area (Å²) in [5.74, 6) is -0.329. The molecule has 0 saturated carbocycles. The van der Waals surface area contributed by atoms with Gasteiger partial charge in [-0.05, 0) is 37.1 Å². The maximum atomic E-state index is 12.1. The first-order chi connectivity index (χ1) is 17.3. The summed E-state index contributed by atoms with van der Waals surface area (Å²) in [5.41, 5.74) is 1.56. The van der Waals surface area contributed by atoms with Crippen LogP contribution in [0.3, 0.4) is 0 Å². The molecule has 0 bridgehead atoms. The van der Waals surface area contributed by atoms with Crippen LogP contribution >= 0.6 is 0 Å². The van der Waals surface area contributed by atoms with Crippen molar-refractivity contribution in [2.45, 2.75) is 90.9 Å². The van der Waals surface area contributed by atoms with Crippen molar-refractivity contribution in [3.8, 4) is 0 Å². The minimum absolute atomic E-state index is 0.233. The molecule has 1 aromatic carbocycles. The fourth-order valence-corrected chi connectivity index (χ4v) is 3.64. The van der Waals surface area contributed by atoms with Crippen molar-refractivity contribution in [1.82, 2.24) is 0 Å². The molecule has 0 spiro atoms. The lowest BCUT2D eigenvalue weighted by atomic mass is 10.1. The molecule has 1 rings (SSSR count). The van der Waals surface area contributed by atoms with E-state index in [1.54, 1.807) is 12.1 Å². The van der Waals surface area contributed by atoms with Crippen LogP contribution in [0.15, 0.2) is 24.3 Å². The van der Waals surface area contributed by atoms with Crippen LogP contribution in [0.25, 0.3) is 0 Å². The standard InChI is InChI=1S/C29H51NO5/c1-3-5-7-8-9-10-11-12-13-14-20-32-21-22-33-23-24-34-25-26-35-29(31)27-15-17-28(18-16-27)30-19-6-4-2/h15-18,30H,3-14,19-26H2,1-2H3. The molecule has 35 heavy (non-hydrogen) atoms. The van der Waals surface area contributed by atoms with Gasteiger partial charge in [-0.2, -0.15) is 0 Å². The van der Waals surface area contributed by atoms with Crippen LogP contribution in [-0.2, 0) is 18.9 Å². The SMILES string of the molecule is CCCCCCCCCCCCOCCOCCOCCOC(=O)c1ccc(NCCCC)cc1. The van der Waals surface area contributed by atoms with Gasteiger partial charge in [-0.1, -0.05) is 78.1 Å². The number of ether oxygens (including phenoxy) is 4. The average Bonchev–Trinajstić information content (AvgIpc) is 2.88. The Kier molecular flexibility index (Phi) is 21.6. The molecular weight excluding hydrogens is 442 g/mol. The predicted molar refractivity (Wildman–Crippen MR) is 144 cm³/mol. The lowest BCUT2D eigenvalue weighted by molar-refractivity contribution is 0.000185. The fourth-order valence-electron chi connectivity index (χ4n) is 3.64. The number of benzene rings is 1. The van der Waals surface area contributed by atoms with Crippen LogP contribution in [0.1, 0.15) is 101 Å². The van der Waals surface area contributed by atoms with Crippen molar-refractivity contribution in [1.29, 1.82) is 0 Å². The molecule has 6 nitrogen and oxygen atoms in total. The Morgan fingerprint density at radius 1 is 0.600 bits per heavy atom. The molecule has 0 aliphatic rings. The Hall–Kier alpha value is -1.63. The number of carbonyl (C=O) groups is 1. The van der Waals surface area contributed by atoms with E-state index in [4.69, 9.17) is 18.9 Å². The van der Waals surface area contributed by atoms with E-state index in [0.29, 0.717) is 38.6 Å². The molecule has 0 aliphatic heterocycles. The van der Waals surface area contributed by atoms with E-state index >= 15 is 0 Å². The summed E-state index contributed by atoms with van der Waals surface area (Å²) >= 11 is 0. The zero-order chi connectivity index (χ0) is 25.2. The van der Waals surface area contributed by atoms with Crippen molar-refractivity contribution in [3.63, 3.8) is 0 Å². The summed E-state index contributed by atoms with van der Waals surface area (Å²) in [4.78, 5) is 12.1. The van der Waals surface area contributed by atoms with Crippen molar-refractivity contribution in [2.75, 3.05) is 58.1 Å². The van der Waals surface area contributed by atoms with Crippen LogP contribution in [0.5, 0.6) is 0 Å². The Morgan fingerprint density at radius 3 is 1.66 bits per heavy atom. The molecule has 0 saturated heterocycles. The van der Waals surface area contributed by atoms with E-state index in [1.807, 2.05) is 12.1 Å². The molecule has 0 atom stereocenters. The highest BCUT2D eigenvalue weighted by molar-refractivity contribution is 5.89. The van der Waals surface area contributed by atoms with Gasteiger partial charge in [0.15, 0.2) is 0 Å². The summed E-state index contributed by atoms with van der Waals surface area (Å²) in [6.07, 6.45) is 15.7. The summed E-state index contributed by atoms with van der Waals surface area (Å²) < 4.78 is 21.9. The first kappa shape index (κ1) is 31.4. The second kappa shape index (κ2) is 24.1. The normalized spacial score (nSPS) is 11.0. The molecule has 1 N–H and O–H groups in total. The Labute approximate surface area is 214 Å². The second-order valence-electron chi connectivity index (χ2n) is 9.01. The number of rotatable bonds is 25. The second-order valence-corrected chi connectivity index (χ2v) is 9.01. The largest absolute Gasteiger partial charge is 0.460 e. The zero-order valence-corrected chi connectivity index (χ0v) is 22.5. The van der Waals surface area contributed by atoms with Crippen LogP contribution < -0.4 is 5.32 Å². The Balaban J connectivity index is 1.82. The lowest BCUT2D eigenvalue weighted by Gasteiger charge is -2.09. The highest BCUT2D eigenvalue weighted by Crippen LogP contribution is 2.11. The van der Waals surface area contributed by atoms with Crippen molar-refractivity contribution >= 4 is 11.7 Å². The maximum Gasteiger partial charge on any atom is 0.338 e. The van der Waals surface area contributed by atoms with E-state index in [1.165, 1.54) is 57.8 Å². The number of anilines is 1. The summed E-state index contributed by atoms with van der Waals surface area (Å²) in [6.45, 7) is 8.98. The number of hydrogen-bond donors (Lipinski definition) is 1. The maximum absolute atomic E-state index is 12.1. The summed E-state index contributed by atoms with van der Waals surface area (Å²) in [7, 11) is 0. The minimum atomic E-state index is -0.329. The Bertz CT molecular complexity index is 593. The first-order valence-electron chi connectivity index (χ1n) is 14.0. The molecule has 6 heteroatoms. The third kappa shape index (κ3) is 19.3. The monoisotopic (exact) mass is 493 g/mol. The molecule has 1 aromatic rings. The van der Waals surface area contributed by atoms with Crippen molar-refractivity contribution < 1.29 is 23.7 Å². The number of unbranched alkanes of at least 4 members (excludes halogenated alkanes) is 10. The van der Waals surface area contributed by atoms with Crippen molar-refractivity contribution in [3.05, 3.63) is 29.8 Å². The fraction of sp³-hybridized carbons (Fsp3) is 0.759. The highest BCUT2D eigenvalue weighted by Gasteiger charge is 2.06. The number of hydrogen-bond acceptors (Lipinski definition) is 6. The molecule has 202 valence electrons. The van der Waals surface area contributed by atoms with Gasteiger partial charge in [0.2, 0.25) is 0 Å². The predicted octanol–water partition coefficient (Wildman–Crippen LogP) is 7.03. The number of nitrogens with one attached hydrogen (secondary N) is 1. The van der Waals surface area contributed by atoms with Gasteiger partial charge >= 0.3 is 5.97 Å².